The van der Waals surface area contributed by atoms with Crippen LogP contribution in [0.15, 0.2) is 12.2 Å². The Kier molecular flexibility index (Phi) is 2.73. The predicted octanol–water partition coefficient (Wildman–Crippen LogP) is -0.00850. The Morgan fingerprint density at radius 1 is 1.77 bits per heavy atom. The van der Waals surface area contributed by atoms with Crippen LogP contribution in [0.3, 0.4) is 0 Å². The van der Waals surface area contributed by atoms with Crippen LogP contribution >= 0.6 is 0 Å². The maximum atomic E-state index is 11.1. The van der Waals surface area contributed by atoms with E-state index in [1.807, 2.05) is 0 Å². The molecule has 4 nitrogen and oxygen atoms in total. The fourth-order valence-corrected chi connectivity index (χ4v) is 1.48. The van der Waals surface area contributed by atoms with Gasteiger partial charge in [-0.25, -0.2) is 4.79 Å². The smallest absolute Gasteiger partial charge is 0.337 e. The monoisotopic (exact) mass is 186 g/mol. The van der Waals surface area contributed by atoms with Crippen molar-refractivity contribution in [2.45, 2.75) is 31.0 Å². The molecule has 1 fully saturated rings. The molecule has 13 heavy (non-hydrogen) atoms. The number of carbonyl (C=O) groups excluding carboxylic acids is 1. The van der Waals surface area contributed by atoms with E-state index in [1.54, 1.807) is 0 Å². The third-order valence-electron chi connectivity index (χ3n) is 2.43. The van der Waals surface area contributed by atoms with Crippen LogP contribution < -0.4 is 0 Å². The molecule has 74 valence electrons. The molecule has 0 aromatic rings. The number of aliphatic hydroxyl groups excluding tert-OH is 1. The van der Waals surface area contributed by atoms with E-state index in [4.69, 9.17) is 0 Å². The van der Waals surface area contributed by atoms with Crippen molar-refractivity contribution in [1.82, 2.24) is 0 Å². The molecular weight excluding hydrogens is 172 g/mol. The van der Waals surface area contributed by atoms with E-state index < -0.39 is 17.7 Å². The summed E-state index contributed by atoms with van der Waals surface area (Å²) in [7, 11) is 1.22. The van der Waals surface area contributed by atoms with Crippen molar-refractivity contribution in [2.75, 3.05) is 7.11 Å². The lowest BCUT2D eigenvalue weighted by Gasteiger charge is -2.33. The van der Waals surface area contributed by atoms with Gasteiger partial charge in [-0.2, -0.15) is 0 Å². The number of hydrogen-bond acceptors (Lipinski definition) is 4. The zero-order valence-electron chi connectivity index (χ0n) is 7.62. The first kappa shape index (κ1) is 10.2. The van der Waals surface area contributed by atoms with E-state index in [0.29, 0.717) is 12.0 Å². The van der Waals surface area contributed by atoms with Gasteiger partial charge >= 0.3 is 5.97 Å². The molecule has 0 radical (unpaired) electrons. The van der Waals surface area contributed by atoms with Crippen molar-refractivity contribution in [3.8, 4) is 0 Å². The lowest BCUT2D eigenvalue weighted by molar-refractivity contribution is -0.167. The summed E-state index contributed by atoms with van der Waals surface area (Å²) in [5, 5.41) is 19.1. The molecule has 0 spiro atoms. The Morgan fingerprint density at radius 2 is 2.38 bits per heavy atom. The summed E-state index contributed by atoms with van der Waals surface area (Å²) < 4.78 is 4.45. The SMILES string of the molecule is C=C1CC[C@](O)(C(=O)OC)C[C@H]1O. The molecule has 0 aliphatic heterocycles. The number of hydrogen-bond donors (Lipinski definition) is 2. The van der Waals surface area contributed by atoms with Crippen molar-refractivity contribution in [3.63, 3.8) is 0 Å². The fraction of sp³-hybridized carbons (Fsp3) is 0.667. The van der Waals surface area contributed by atoms with Gasteiger partial charge in [-0.1, -0.05) is 6.58 Å². The molecule has 0 heterocycles. The summed E-state index contributed by atoms with van der Waals surface area (Å²) in [5.74, 6) is -0.681. The van der Waals surface area contributed by atoms with E-state index in [2.05, 4.69) is 11.3 Å². The zero-order chi connectivity index (χ0) is 10.1. The number of esters is 1. The Bertz CT molecular complexity index is 236. The van der Waals surface area contributed by atoms with Crippen LogP contribution in [0.5, 0.6) is 0 Å². The Balaban J connectivity index is 2.72. The minimum atomic E-state index is -1.53. The van der Waals surface area contributed by atoms with Crippen molar-refractivity contribution < 1.29 is 19.7 Å². The van der Waals surface area contributed by atoms with Gasteiger partial charge in [0.15, 0.2) is 5.60 Å². The van der Waals surface area contributed by atoms with Crippen molar-refractivity contribution >= 4 is 5.97 Å². The number of ether oxygens (including phenoxy) is 1. The highest BCUT2D eigenvalue weighted by Gasteiger charge is 2.42. The van der Waals surface area contributed by atoms with E-state index in [9.17, 15) is 15.0 Å². The van der Waals surface area contributed by atoms with Gasteiger partial charge in [-0.05, 0) is 18.4 Å². The Hall–Kier alpha value is -0.870. The van der Waals surface area contributed by atoms with Gasteiger partial charge in [-0.15, -0.1) is 0 Å². The summed E-state index contributed by atoms with van der Waals surface area (Å²) in [6.07, 6.45) is -0.0984. The molecule has 0 bridgehead atoms. The van der Waals surface area contributed by atoms with Crippen LogP contribution in [0.4, 0.5) is 0 Å². The molecule has 0 unspecified atom stereocenters. The molecule has 4 heteroatoms. The summed E-state index contributed by atoms with van der Waals surface area (Å²) >= 11 is 0. The van der Waals surface area contributed by atoms with E-state index in [-0.39, 0.29) is 12.8 Å². The van der Waals surface area contributed by atoms with Crippen LogP contribution in [0.2, 0.25) is 0 Å². The molecule has 0 aromatic heterocycles. The average molecular weight is 186 g/mol. The minimum Gasteiger partial charge on any atom is -0.467 e. The second kappa shape index (κ2) is 3.47. The lowest BCUT2D eigenvalue weighted by Crippen LogP contribution is -2.46. The molecule has 2 atom stereocenters. The fourth-order valence-electron chi connectivity index (χ4n) is 1.48. The maximum absolute atomic E-state index is 11.1. The van der Waals surface area contributed by atoms with Crippen molar-refractivity contribution in [1.29, 1.82) is 0 Å². The van der Waals surface area contributed by atoms with E-state index >= 15 is 0 Å². The first-order valence-corrected chi connectivity index (χ1v) is 4.16. The lowest BCUT2D eigenvalue weighted by atomic mass is 9.81. The van der Waals surface area contributed by atoms with Gasteiger partial charge < -0.3 is 14.9 Å². The van der Waals surface area contributed by atoms with Gasteiger partial charge in [0, 0.05) is 6.42 Å². The molecule has 1 rings (SSSR count). The standard InChI is InChI=1S/C9H14O4/c1-6-3-4-9(12,5-7(6)10)8(11)13-2/h7,10,12H,1,3-5H2,2H3/t7-,9-/m1/s1. The second-order valence-corrected chi connectivity index (χ2v) is 3.40. The molecule has 0 aromatic carbocycles. The van der Waals surface area contributed by atoms with Gasteiger partial charge in [0.2, 0.25) is 0 Å². The third kappa shape index (κ3) is 1.89. The quantitative estimate of drug-likeness (QED) is 0.446. The summed E-state index contributed by atoms with van der Waals surface area (Å²) in [6, 6.07) is 0. The first-order chi connectivity index (χ1) is 5.99. The summed E-state index contributed by atoms with van der Waals surface area (Å²) in [4.78, 5) is 11.1. The number of aliphatic hydroxyl groups is 2. The normalized spacial score (nSPS) is 34.4. The van der Waals surface area contributed by atoms with Crippen molar-refractivity contribution in [2.24, 2.45) is 0 Å². The highest BCUT2D eigenvalue weighted by atomic mass is 16.5. The molecule has 1 saturated carbocycles. The van der Waals surface area contributed by atoms with Crippen LogP contribution in [-0.4, -0.2) is 35.0 Å². The highest BCUT2D eigenvalue weighted by Crippen LogP contribution is 2.31. The topological polar surface area (TPSA) is 66.8 Å². The molecule has 2 N–H and O–H groups in total. The molecule has 1 aliphatic carbocycles. The molecule has 0 amide bonds. The van der Waals surface area contributed by atoms with Gasteiger partial charge in [-0.3, -0.25) is 0 Å². The largest absolute Gasteiger partial charge is 0.467 e. The maximum Gasteiger partial charge on any atom is 0.337 e. The van der Waals surface area contributed by atoms with Crippen molar-refractivity contribution in [3.05, 3.63) is 12.2 Å². The number of methoxy groups -OCH3 is 1. The minimum absolute atomic E-state index is 0.0154. The summed E-state index contributed by atoms with van der Waals surface area (Å²) in [6.45, 7) is 3.63. The second-order valence-electron chi connectivity index (χ2n) is 3.40. The highest BCUT2D eigenvalue weighted by molar-refractivity contribution is 5.79. The molecular formula is C9H14O4. The number of carbonyl (C=O) groups is 1. The third-order valence-corrected chi connectivity index (χ3v) is 2.43. The molecule has 0 saturated heterocycles. The van der Waals surface area contributed by atoms with Gasteiger partial charge in [0.25, 0.3) is 0 Å². The zero-order valence-corrected chi connectivity index (χ0v) is 7.62. The van der Waals surface area contributed by atoms with Crippen LogP contribution in [-0.2, 0) is 9.53 Å². The Morgan fingerprint density at radius 3 is 2.85 bits per heavy atom. The first-order valence-electron chi connectivity index (χ1n) is 4.16. The van der Waals surface area contributed by atoms with E-state index in [0.717, 1.165) is 0 Å². The molecule has 1 aliphatic rings. The van der Waals surface area contributed by atoms with E-state index in [1.165, 1.54) is 7.11 Å². The van der Waals surface area contributed by atoms with Crippen LogP contribution in [0.1, 0.15) is 19.3 Å². The van der Waals surface area contributed by atoms with Gasteiger partial charge in [0.1, 0.15) is 0 Å². The predicted molar refractivity (Wildman–Crippen MR) is 46.0 cm³/mol. The van der Waals surface area contributed by atoms with Crippen LogP contribution in [0.25, 0.3) is 0 Å². The van der Waals surface area contributed by atoms with Gasteiger partial charge in [0.05, 0.1) is 13.2 Å². The Labute approximate surface area is 76.8 Å². The number of rotatable bonds is 1. The average Bonchev–Trinajstić information content (AvgIpc) is 2.11. The van der Waals surface area contributed by atoms with Crippen LogP contribution in [0, 0.1) is 0 Å². The summed E-state index contributed by atoms with van der Waals surface area (Å²) in [5.41, 5.74) is -0.872.